The molecule has 7 heteroatoms. The number of aromatic nitrogens is 3. The van der Waals surface area contributed by atoms with Crippen molar-refractivity contribution in [1.82, 2.24) is 24.8 Å². The van der Waals surface area contributed by atoms with Crippen LogP contribution in [0.4, 0.5) is 0 Å². The number of aliphatic hydroxyl groups is 1. The highest BCUT2D eigenvalue weighted by atomic mass is 16.3. The first-order valence-electron chi connectivity index (χ1n) is 8.59. The van der Waals surface area contributed by atoms with Crippen molar-refractivity contribution in [3.05, 3.63) is 29.7 Å². The molecule has 0 aliphatic carbocycles. The van der Waals surface area contributed by atoms with Gasteiger partial charge in [-0.15, -0.1) is 10.2 Å². The SMILES string of the molecule is CC(C)C(O)c1nnc2ccc(C(=O)NCCN3CCCC3)cn12. The van der Waals surface area contributed by atoms with E-state index in [9.17, 15) is 9.90 Å². The summed E-state index contributed by atoms with van der Waals surface area (Å²) in [7, 11) is 0. The highest BCUT2D eigenvalue weighted by Gasteiger charge is 2.19. The smallest absolute Gasteiger partial charge is 0.252 e. The lowest BCUT2D eigenvalue weighted by Gasteiger charge is -2.15. The first-order chi connectivity index (χ1) is 11.6. The first kappa shape index (κ1) is 16.9. The van der Waals surface area contributed by atoms with Gasteiger partial charge in [-0.1, -0.05) is 13.8 Å². The van der Waals surface area contributed by atoms with Gasteiger partial charge in [0.05, 0.1) is 5.56 Å². The fourth-order valence-corrected chi connectivity index (χ4v) is 2.98. The lowest BCUT2D eigenvalue weighted by molar-refractivity contribution is 0.0948. The van der Waals surface area contributed by atoms with Gasteiger partial charge in [0.15, 0.2) is 11.5 Å². The van der Waals surface area contributed by atoms with E-state index in [4.69, 9.17) is 0 Å². The van der Waals surface area contributed by atoms with Crippen LogP contribution < -0.4 is 5.32 Å². The maximum absolute atomic E-state index is 12.4. The molecular weight excluding hydrogens is 306 g/mol. The molecular formula is C17H25N5O2. The van der Waals surface area contributed by atoms with Crippen LogP contribution in [-0.4, -0.2) is 56.7 Å². The predicted octanol–water partition coefficient (Wildman–Crippen LogP) is 1.24. The second-order valence-electron chi connectivity index (χ2n) is 6.70. The highest BCUT2D eigenvalue weighted by Crippen LogP contribution is 2.20. The molecule has 1 atom stereocenters. The summed E-state index contributed by atoms with van der Waals surface area (Å²) in [6, 6.07) is 3.49. The molecule has 0 bridgehead atoms. The van der Waals surface area contributed by atoms with Crippen molar-refractivity contribution in [1.29, 1.82) is 0 Å². The summed E-state index contributed by atoms with van der Waals surface area (Å²) >= 11 is 0. The van der Waals surface area contributed by atoms with Gasteiger partial charge >= 0.3 is 0 Å². The number of aliphatic hydroxyl groups excluding tert-OH is 1. The molecule has 1 aliphatic rings. The molecule has 2 aromatic rings. The van der Waals surface area contributed by atoms with Crippen molar-refractivity contribution in [2.24, 2.45) is 5.92 Å². The Labute approximate surface area is 141 Å². The van der Waals surface area contributed by atoms with E-state index in [1.807, 2.05) is 13.8 Å². The number of amides is 1. The summed E-state index contributed by atoms with van der Waals surface area (Å²) in [6.45, 7) is 7.61. The van der Waals surface area contributed by atoms with Crippen LogP contribution in [0.2, 0.25) is 0 Å². The summed E-state index contributed by atoms with van der Waals surface area (Å²) in [5.74, 6) is 0.372. The van der Waals surface area contributed by atoms with Gasteiger partial charge in [-0.25, -0.2) is 0 Å². The van der Waals surface area contributed by atoms with Gasteiger partial charge in [0.2, 0.25) is 0 Å². The van der Waals surface area contributed by atoms with Crippen LogP contribution in [0.5, 0.6) is 0 Å². The lowest BCUT2D eigenvalue weighted by atomic mass is 10.1. The average molecular weight is 331 g/mol. The molecule has 1 aliphatic heterocycles. The zero-order chi connectivity index (χ0) is 17.1. The fourth-order valence-electron chi connectivity index (χ4n) is 2.98. The quantitative estimate of drug-likeness (QED) is 0.832. The Bertz CT molecular complexity index is 706. The molecule has 1 amide bonds. The second-order valence-corrected chi connectivity index (χ2v) is 6.70. The molecule has 0 spiro atoms. The number of likely N-dealkylation sites (tertiary alicyclic amines) is 1. The number of pyridine rings is 1. The number of nitrogens with one attached hydrogen (secondary N) is 1. The van der Waals surface area contributed by atoms with Gasteiger partial charge in [-0.05, 0) is 44.0 Å². The van der Waals surface area contributed by atoms with Gasteiger partial charge in [-0.2, -0.15) is 0 Å². The third kappa shape index (κ3) is 3.57. The van der Waals surface area contributed by atoms with Crippen molar-refractivity contribution < 1.29 is 9.90 Å². The number of carbonyl (C=O) groups is 1. The first-order valence-corrected chi connectivity index (χ1v) is 8.59. The van der Waals surface area contributed by atoms with Crippen LogP contribution in [0.1, 0.15) is 49.0 Å². The van der Waals surface area contributed by atoms with Crippen LogP contribution in [0.15, 0.2) is 18.3 Å². The van der Waals surface area contributed by atoms with Crippen molar-refractivity contribution in [3.8, 4) is 0 Å². The van der Waals surface area contributed by atoms with Crippen molar-refractivity contribution in [2.75, 3.05) is 26.2 Å². The molecule has 1 unspecified atom stereocenters. The van der Waals surface area contributed by atoms with E-state index in [2.05, 4.69) is 20.4 Å². The summed E-state index contributed by atoms with van der Waals surface area (Å²) in [5.41, 5.74) is 1.17. The number of nitrogens with zero attached hydrogens (tertiary/aromatic N) is 4. The van der Waals surface area contributed by atoms with Crippen LogP contribution >= 0.6 is 0 Å². The van der Waals surface area contributed by atoms with E-state index in [0.29, 0.717) is 23.6 Å². The van der Waals surface area contributed by atoms with Gasteiger partial charge in [0, 0.05) is 19.3 Å². The average Bonchev–Trinajstić information content (AvgIpc) is 3.22. The predicted molar refractivity (Wildman–Crippen MR) is 90.8 cm³/mol. The number of carbonyl (C=O) groups excluding carboxylic acids is 1. The minimum atomic E-state index is -0.714. The second kappa shape index (κ2) is 7.27. The monoisotopic (exact) mass is 331 g/mol. The topological polar surface area (TPSA) is 82.8 Å². The van der Waals surface area contributed by atoms with Crippen molar-refractivity contribution in [3.63, 3.8) is 0 Å². The van der Waals surface area contributed by atoms with Crippen molar-refractivity contribution >= 4 is 11.6 Å². The third-order valence-corrected chi connectivity index (χ3v) is 4.50. The van der Waals surface area contributed by atoms with E-state index >= 15 is 0 Å². The molecule has 24 heavy (non-hydrogen) atoms. The summed E-state index contributed by atoms with van der Waals surface area (Å²) < 4.78 is 1.69. The minimum Gasteiger partial charge on any atom is -0.385 e. The van der Waals surface area contributed by atoms with Crippen LogP contribution in [0, 0.1) is 5.92 Å². The maximum atomic E-state index is 12.4. The molecule has 0 radical (unpaired) electrons. The summed E-state index contributed by atoms with van der Waals surface area (Å²) in [6.07, 6.45) is 3.48. The van der Waals surface area contributed by atoms with Gasteiger partial charge in [0.1, 0.15) is 6.10 Å². The molecule has 1 saturated heterocycles. The molecule has 2 N–H and O–H groups in total. The van der Waals surface area contributed by atoms with Crippen LogP contribution in [0.3, 0.4) is 0 Å². The molecule has 2 aromatic heterocycles. The standard InChI is InChI=1S/C17H25N5O2/c1-12(2)15(23)16-20-19-14-6-5-13(11-22(14)16)17(24)18-7-10-21-8-3-4-9-21/h5-6,11-12,15,23H,3-4,7-10H2,1-2H3,(H,18,24). The molecule has 0 saturated carbocycles. The van der Waals surface area contributed by atoms with E-state index in [0.717, 1.165) is 19.6 Å². The summed E-state index contributed by atoms with van der Waals surface area (Å²) in [5, 5.41) is 21.3. The molecule has 1 fully saturated rings. The van der Waals surface area contributed by atoms with E-state index in [1.165, 1.54) is 12.8 Å². The van der Waals surface area contributed by atoms with E-state index in [1.54, 1.807) is 22.7 Å². The fraction of sp³-hybridized carbons (Fsp3) is 0.588. The minimum absolute atomic E-state index is 0.0235. The van der Waals surface area contributed by atoms with Gasteiger partial charge in [0.25, 0.3) is 5.91 Å². The van der Waals surface area contributed by atoms with Crippen LogP contribution in [-0.2, 0) is 0 Å². The number of hydrogen-bond acceptors (Lipinski definition) is 5. The summed E-state index contributed by atoms with van der Waals surface area (Å²) in [4.78, 5) is 14.7. The molecule has 7 nitrogen and oxygen atoms in total. The number of fused-ring (bicyclic) bond motifs is 1. The Kier molecular flexibility index (Phi) is 5.11. The highest BCUT2D eigenvalue weighted by molar-refractivity contribution is 5.94. The Hall–Kier alpha value is -1.99. The molecule has 0 aromatic carbocycles. The molecule has 3 rings (SSSR count). The van der Waals surface area contributed by atoms with E-state index < -0.39 is 6.10 Å². The number of hydrogen-bond donors (Lipinski definition) is 2. The largest absolute Gasteiger partial charge is 0.385 e. The third-order valence-electron chi connectivity index (χ3n) is 4.50. The Morgan fingerprint density at radius 2 is 2.04 bits per heavy atom. The Morgan fingerprint density at radius 3 is 2.75 bits per heavy atom. The lowest BCUT2D eigenvalue weighted by Crippen LogP contribution is -2.33. The molecule has 3 heterocycles. The van der Waals surface area contributed by atoms with Gasteiger partial charge < -0.3 is 15.3 Å². The van der Waals surface area contributed by atoms with Gasteiger partial charge in [-0.3, -0.25) is 9.20 Å². The Balaban J connectivity index is 1.69. The zero-order valence-corrected chi connectivity index (χ0v) is 14.3. The number of rotatable bonds is 6. The van der Waals surface area contributed by atoms with E-state index in [-0.39, 0.29) is 11.8 Å². The Morgan fingerprint density at radius 1 is 1.29 bits per heavy atom. The normalized spacial score (nSPS) is 16.8. The van der Waals surface area contributed by atoms with Crippen LogP contribution in [0.25, 0.3) is 5.65 Å². The van der Waals surface area contributed by atoms with Crippen molar-refractivity contribution in [2.45, 2.75) is 32.8 Å². The molecule has 130 valence electrons. The maximum Gasteiger partial charge on any atom is 0.252 e. The zero-order valence-electron chi connectivity index (χ0n) is 14.3.